The average Bonchev–Trinajstić information content (AvgIpc) is 2.45. The lowest BCUT2D eigenvalue weighted by molar-refractivity contribution is 0.109. The Hall–Kier alpha value is -0.950. The predicted octanol–water partition coefficient (Wildman–Crippen LogP) is 2.09. The van der Waals surface area contributed by atoms with Crippen molar-refractivity contribution in [1.82, 2.24) is 9.62 Å². The number of benzene rings is 1. The second-order valence-corrected chi connectivity index (χ2v) is 7.14. The van der Waals surface area contributed by atoms with Crippen LogP contribution in [0.3, 0.4) is 0 Å². The minimum atomic E-state index is -4.20. The number of likely N-dealkylation sites (tertiary alicyclic amines) is 1. The third kappa shape index (κ3) is 2.99. The summed E-state index contributed by atoms with van der Waals surface area (Å²) < 4.78 is 34.1. The van der Waals surface area contributed by atoms with E-state index in [1.165, 1.54) is 12.0 Å². The molecule has 1 saturated heterocycles. The van der Waals surface area contributed by atoms with E-state index in [1.54, 1.807) is 0 Å². The molecule has 2 aliphatic rings. The lowest BCUT2D eigenvalue weighted by atomic mass is 9.72. The van der Waals surface area contributed by atoms with E-state index in [9.17, 15) is 8.42 Å². The van der Waals surface area contributed by atoms with E-state index in [2.05, 4.69) is 22.6 Å². The Morgan fingerprint density at radius 2 is 2.05 bits per heavy atom. The van der Waals surface area contributed by atoms with Crippen LogP contribution in [0.5, 0.6) is 0 Å². The first kappa shape index (κ1) is 15.0. The van der Waals surface area contributed by atoms with Crippen LogP contribution in [0.1, 0.15) is 49.3 Å². The SMILES string of the molecule is CCN1CCCC2c3ccccc3C(NS(=O)(=O)O)CC21. The molecule has 1 aromatic rings. The Kier molecular flexibility index (Phi) is 4.05. The van der Waals surface area contributed by atoms with E-state index in [1.807, 2.05) is 18.2 Å². The maximum Gasteiger partial charge on any atom is 0.333 e. The highest BCUT2D eigenvalue weighted by Crippen LogP contribution is 2.44. The number of hydrogen-bond donors (Lipinski definition) is 2. The fourth-order valence-electron chi connectivity index (χ4n) is 4.02. The number of likely N-dealkylation sites (N-methyl/N-ethyl adjacent to an activating group) is 1. The van der Waals surface area contributed by atoms with Gasteiger partial charge in [-0.1, -0.05) is 31.2 Å². The molecule has 0 bridgehead atoms. The van der Waals surface area contributed by atoms with E-state index in [0.717, 1.165) is 31.5 Å². The molecule has 1 aliphatic carbocycles. The largest absolute Gasteiger partial charge is 0.333 e. The highest BCUT2D eigenvalue weighted by atomic mass is 32.2. The lowest BCUT2D eigenvalue weighted by Crippen LogP contribution is -2.49. The summed E-state index contributed by atoms with van der Waals surface area (Å²) in [6.45, 7) is 4.19. The van der Waals surface area contributed by atoms with Crippen molar-refractivity contribution in [3.63, 3.8) is 0 Å². The van der Waals surface area contributed by atoms with Gasteiger partial charge >= 0.3 is 10.3 Å². The molecule has 3 atom stereocenters. The minimum absolute atomic E-state index is 0.343. The monoisotopic (exact) mass is 310 g/mol. The van der Waals surface area contributed by atoms with Gasteiger partial charge in [0.2, 0.25) is 0 Å². The molecule has 1 fully saturated rings. The van der Waals surface area contributed by atoms with Gasteiger partial charge in [-0.05, 0) is 49.4 Å². The molecular weight excluding hydrogens is 288 g/mol. The van der Waals surface area contributed by atoms with Gasteiger partial charge < -0.3 is 0 Å². The molecule has 0 radical (unpaired) electrons. The first-order chi connectivity index (χ1) is 9.99. The Bertz CT molecular complexity index is 617. The van der Waals surface area contributed by atoms with Crippen molar-refractivity contribution in [2.75, 3.05) is 13.1 Å². The molecule has 0 amide bonds. The van der Waals surface area contributed by atoms with Crippen molar-refractivity contribution < 1.29 is 13.0 Å². The van der Waals surface area contributed by atoms with Crippen LogP contribution in [0, 0.1) is 0 Å². The molecule has 0 saturated carbocycles. The van der Waals surface area contributed by atoms with Crippen LogP contribution < -0.4 is 4.72 Å². The van der Waals surface area contributed by atoms with Crippen molar-refractivity contribution in [3.8, 4) is 0 Å². The van der Waals surface area contributed by atoms with Crippen molar-refractivity contribution in [2.45, 2.75) is 44.2 Å². The van der Waals surface area contributed by atoms with Crippen LogP contribution in [0.2, 0.25) is 0 Å². The van der Waals surface area contributed by atoms with Crippen molar-refractivity contribution in [2.24, 2.45) is 0 Å². The number of fused-ring (bicyclic) bond motifs is 3. The van der Waals surface area contributed by atoms with Crippen LogP contribution in [-0.2, 0) is 10.3 Å². The summed E-state index contributed by atoms with van der Waals surface area (Å²) in [6.07, 6.45) is 3.05. The fraction of sp³-hybridized carbons (Fsp3) is 0.600. The normalized spacial score (nSPS) is 29.7. The summed E-state index contributed by atoms with van der Waals surface area (Å²) in [7, 11) is -4.20. The fourth-order valence-corrected chi connectivity index (χ4v) is 4.60. The molecular formula is C15H22N2O3S. The first-order valence-corrected chi connectivity index (χ1v) is 9.01. The molecule has 0 aromatic heterocycles. The van der Waals surface area contributed by atoms with Gasteiger partial charge in [-0.25, -0.2) is 0 Å². The van der Waals surface area contributed by atoms with Gasteiger partial charge in [-0.2, -0.15) is 13.1 Å². The van der Waals surface area contributed by atoms with Crippen LogP contribution in [0.15, 0.2) is 24.3 Å². The Balaban J connectivity index is 2.00. The third-order valence-corrected chi connectivity index (χ3v) is 5.42. The van der Waals surface area contributed by atoms with Gasteiger partial charge in [0.1, 0.15) is 0 Å². The molecule has 2 N–H and O–H groups in total. The van der Waals surface area contributed by atoms with Gasteiger partial charge in [0.25, 0.3) is 0 Å². The molecule has 1 aliphatic heterocycles. The van der Waals surface area contributed by atoms with Crippen LogP contribution in [0.25, 0.3) is 0 Å². The summed E-state index contributed by atoms with van der Waals surface area (Å²) in [5, 5.41) is 0. The number of rotatable bonds is 3. The molecule has 3 unspecified atom stereocenters. The zero-order chi connectivity index (χ0) is 15.0. The number of nitrogens with zero attached hydrogens (tertiary/aromatic N) is 1. The van der Waals surface area contributed by atoms with Crippen molar-refractivity contribution >= 4 is 10.3 Å². The van der Waals surface area contributed by atoms with E-state index < -0.39 is 10.3 Å². The molecule has 21 heavy (non-hydrogen) atoms. The third-order valence-electron chi connectivity index (χ3n) is 4.84. The summed E-state index contributed by atoms with van der Waals surface area (Å²) in [4.78, 5) is 2.43. The Labute approximate surface area is 126 Å². The highest BCUT2D eigenvalue weighted by Gasteiger charge is 2.40. The van der Waals surface area contributed by atoms with Crippen molar-refractivity contribution in [3.05, 3.63) is 35.4 Å². The number of piperidine rings is 1. The van der Waals surface area contributed by atoms with Crippen LogP contribution >= 0.6 is 0 Å². The molecule has 3 rings (SSSR count). The maximum atomic E-state index is 11.3. The smallest absolute Gasteiger partial charge is 0.300 e. The molecule has 6 heteroatoms. The Morgan fingerprint density at radius 1 is 1.33 bits per heavy atom. The molecule has 116 valence electrons. The Morgan fingerprint density at radius 3 is 2.71 bits per heavy atom. The van der Waals surface area contributed by atoms with Crippen LogP contribution in [-0.4, -0.2) is 37.0 Å². The topological polar surface area (TPSA) is 69.6 Å². The summed E-state index contributed by atoms with van der Waals surface area (Å²) in [5.74, 6) is 0.467. The van der Waals surface area contributed by atoms with Gasteiger partial charge in [-0.3, -0.25) is 9.45 Å². The number of hydrogen-bond acceptors (Lipinski definition) is 3. The summed E-state index contributed by atoms with van der Waals surface area (Å²) in [6, 6.07) is 8.01. The predicted molar refractivity (Wildman–Crippen MR) is 81.5 cm³/mol. The first-order valence-electron chi connectivity index (χ1n) is 7.57. The zero-order valence-electron chi connectivity index (χ0n) is 12.2. The van der Waals surface area contributed by atoms with E-state index in [-0.39, 0.29) is 6.04 Å². The average molecular weight is 310 g/mol. The van der Waals surface area contributed by atoms with Gasteiger partial charge in [0.15, 0.2) is 0 Å². The van der Waals surface area contributed by atoms with Gasteiger partial charge in [0.05, 0.1) is 6.04 Å². The van der Waals surface area contributed by atoms with Crippen molar-refractivity contribution in [1.29, 1.82) is 0 Å². The summed E-state index contributed by atoms with van der Waals surface area (Å²) in [5.41, 5.74) is 2.24. The molecule has 1 aromatic carbocycles. The van der Waals surface area contributed by atoms with E-state index >= 15 is 0 Å². The van der Waals surface area contributed by atoms with Gasteiger partial charge in [0, 0.05) is 6.04 Å². The van der Waals surface area contributed by atoms with Gasteiger partial charge in [-0.15, -0.1) is 0 Å². The second-order valence-electron chi connectivity index (χ2n) is 5.95. The highest BCUT2D eigenvalue weighted by molar-refractivity contribution is 7.83. The summed E-state index contributed by atoms with van der Waals surface area (Å²) >= 11 is 0. The molecule has 5 nitrogen and oxygen atoms in total. The lowest BCUT2D eigenvalue weighted by Gasteiger charge is -2.46. The van der Waals surface area contributed by atoms with E-state index in [0.29, 0.717) is 12.0 Å². The molecule has 0 spiro atoms. The minimum Gasteiger partial charge on any atom is -0.300 e. The maximum absolute atomic E-state index is 11.3. The van der Waals surface area contributed by atoms with E-state index in [4.69, 9.17) is 4.55 Å². The zero-order valence-corrected chi connectivity index (χ0v) is 13.0. The standard InChI is InChI=1S/C15H22N2O3S/c1-2-17-9-5-8-13-11-6-3-4-7-12(11)14(10-15(13)17)16-21(18,19)20/h3-4,6-7,13-16H,2,5,8-10H2,1H3,(H,18,19,20). The second kappa shape index (κ2) is 5.68. The van der Waals surface area contributed by atoms with Crippen LogP contribution in [0.4, 0.5) is 0 Å². The number of nitrogens with one attached hydrogen (secondary N) is 1. The molecule has 1 heterocycles. The quantitative estimate of drug-likeness (QED) is 0.839.